The van der Waals surface area contributed by atoms with E-state index in [9.17, 15) is 4.79 Å². The van der Waals surface area contributed by atoms with Gasteiger partial charge in [0.05, 0.1) is 5.69 Å². The number of rotatable bonds is 3. The highest BCUT2D eigenvalue weighted by molar-refractivity contribution is 7.80. The molecule has 0 fully saturated rings. The second-order valence-corrected chi connectivity index (χ2v) is 7.97. The van der Waals surface area contributed by atoms with Crippen molar-refractivity contribution in [2.75, 3.05) is 5.32 Å². The molecule has 146 valence electrons. The Morgan fingerprint density at radius 1 is 1.07 bits per heavy atom. The van der Waals surface area contributed by atoms with Crippen molar-refractivity contribution in [3.8, 4) is 10.6 Å². The van der Waals surface area contributed by atoms with E-state index in [0.29, 0.717) is 5.56 Å². The summed E-state index contributed by atoms with van der Waals surface area (Å²) in [5.74, 6) is 0.474. The minimum atomic E-state index is -0.252. The second-order valence-electron chi connectivity index (χ2n) is 6.60. The number of nitrogens with one attached hydrogen (secondary N) is 2. The molecule has 0 unspecified atom stereocenters. The van der Waals surface area contributed by atoms with E-state index >= 15 is 0 Å². The fourth-order valence-electron chi connectivity index (χ4n) is 2.81. The first-order chi connectivity index (χ1) is 13.9. The average molecular weight is 423 g/mol. The molecule has 0 aliphatic rings. The van der Waals surface area contributed by atoms with Crippen molar-refractivity contribution in [1.29, 1.82) is 0 Å². The summed E-state index contributed by atoms with van der Waals surface area (Å²) in [5, 5.41) is 19.5. The van der Waals surface area contributed by atoms with Crippen LogP contribution < -0.4 is 10.6 Å². The van der Waals surface area contributed by atoms with Crippen LogP contribution in [0.1, 0.15) is 27.3 Å². The van der Waals surface area contributed by atoms with Gasteiger partial charge < -0.3 is 5.32 Å². The summed E-state index contributed by atoms with van der Waals surface area (Å²) in [6.45, 7) is 5.83. The first kappa shape index (κ1) is 19.2. The predicted octanol–water partition coefficient (Wildman–Crippen LogP) is 3.90. The van der Waals surface area contributed by atoms with Gasteiger partial charge in [0.15, 0.2) is 10.9 Å². The molecule has 0 saturated carbocycles. The Morgan fingerprint density at radius 2 is 1.86 bits per heavy atom. The summed E-state index contributed by atoms with van der Waals surface area (Å²) in [4.78, 5) is 13.2. The van der Waals surface area contributed by atoms with Gasteiger partial charge >= 0.3 is 0 Å². The molecule has 0 bridgehead atoms. The lowest BCUT2D eigenvalue weighted by Gasteiger charge is -2.12. The molecule has 0 radical (unpaired) electrons. The molecule has 0 atom stereocenters. The number of amides is 1. The van der Waals surface area contributed by atoms with Gasteiger partial charge in [0, 0.05) is 11.1 Å². The zero-order chi connectivity index (χ0) is 20.5. The number of carbonyl (C=O) groups is 1. The van der Waals surface area contributed by atoms with Crippen molar-refractivity contribution in [2.45, 2.75) is 20.8 Å². The molecule has 0 aliphatic carbocycles. The number of hydrogen-bond acceptors (Lipinski definition) is 6. The van der Waals surface area contributed by atoms with Gasteiger partial charge in [-0.25, -0.2) is 0 Å². The normalized spacial score (nSPS) is 10.9. The molecule has 4 aromatic rings. The molecule has 7 nitrogen and oxygen atoms in total. The van der Waals surface area contributed by atoms with Crippen LogP contribution in [0.3, 0.4) is 0 Å². The lowest BCUT2D eigenvalue weighted by molar-refractivity contribution is 0.0977. The van der Waals surface area contributed by atoms with Gasteiger partial charge in [0.25, 0.3) is 5.91 Å². The monoisotopic (exact) mass is 422 g/mol. The Bertz CT molecular complexity index is 1240. The zero-order valence-electron chi connectivity index (χ0n) is 16.1. The largest absolute Gasteiger partial charge is 0.332 e. The first-order valence-electron chi connectivity index (χ1n) is 8.90. The molecule has 0 aliphatic heterocycles. The number of anilines is 1. The van der Waals surface area contributed by atoms with Crippen LogP contribution in [0.4, 0.5) is 5.69 Å². The SMILES string of the molecule is Cc1ccc(C(=O)NC(=S)Nc2ccccc2-c2nn3c(C)nnc3s2)cc1C. The van der Waals surface area contributed by atoms with Crippen molar-refractivity contribution >= 4 is 45.2 Å². The summed E-state index contributed by atoms with van der Waals surface area (Å²) in [7, 11) is 0. The number of thiocarbonyl (C=S) groups is 1. The summed E-state index contributed by atoms with van der Waals surface area (Å²) < 4.78 is 1.70. The smallest absolute Gasteiger partial charge is 0.257 e. The molecular formula is C20H18N6OS2. The molecule has 2 aromatic carbocycles. The van der Waals surface area contributed by atoms with Gasteiger partial charge in [0.2, 0.25) is 4.96 Å². The van der Waals surface area contributed by atoms with Crippen molar-refractivity contribution < 1.29 is 4.79 Å². The highest BCUT2D eigenvalue weighted by Gasteiger charge is 2.15. The Labute approximate surface area is 176 Å². The van der Waals surface area contributed by atoms with Crippen LogP contribution in [0.5, 0.6) is 0 Å². The molecular weight excluding hydrogens is 404 g/mol. The minimum absolute atomic E-state index is 0.222. The van der Waals surface area contributed by atoms with E-state index in [1.54, 1.807) is 10.6 Å². The molecule has 4 rings (SSSR count). The van der Waals surface area contributed by atoms with E-state index in [-0.39, 0.29) is 11.0 Å². The number of aryl methyl sites for hydroxylation is 3. The Balaban J connectivity index is 1.54. The van der Waals surface area contributed by atoms with Gasteiger partial charge in [-0.3, -0.25) is 10.1 Å². The van der Waals surface area contributed by atoms with Gasteiger partial charge in [-0.15, -0.1) is 10.2 Å². The van der Waals surface area contributed by atoms with Crippen LogP contribution >= 0.6 is 23.6 Å². The third-order valence-electron chi connectivity index (χ3n) is 4.55. The molecule has 2 N–H and O–H groups in total. The van der Waals surface area contributed by atoms with Gasteiger partial charge in [-0.1, -0.05) is 29.5 Å². The number of nitrogens with zero attached hydrogens (tertiary/aromatic N) is 4. The summed E-state index contributed by atoms with van der Waals surface area (Å²) in [6, 6.07) is 13.2. The van der Waals surface area contributed by atoms with Crippen LogP contribution in [-0.2, 0) is 0 Å². The Kier molecular flexibility index (Phi) is 5.08. The third-order valence-corrected chi connectivity index (χ3v) is 5.68. The van der Waals surface area contributed by atoms with E-state index in [1.165, 1.54) is 11.3 Å². The second kappa shape index (κ2) is 7.69. The van der Waals surface area contributed by atoms with E-state index in [0.717, 1.165) is 38.2 Å². The van der Waals surface area contributed by atoms with Crippen molar-refractivity contribution in [3.63, 3.8) is 0 Å². The zero-order valence-corrected chi connectivity index (χ0v) is 17.7. The van der Waals surface area contributed by atoms with E-state index in [4.69, 9.17) is 12.2 Å². The van der Waals surface area contributed by atoms with Crippen molar-refractivity contribution in [2.24, 2.45) is 0 Å². The number of fused-ring (bicyclic) bond motifs is 1. The molecule has 29 heavy (non-hydrogen) atoms. The van der Waals surface area contributed by atoms with Crippen LogP contribution in [0.2, 0.25) is 0 Å². The van der Waals surface area contributed by atoms with Gasteiger partial charge in [-0.2, -0.15) is 9.61 Å². The van der Waals surface area contributed by atoms with E-state index < -0.39 is 0 Å². The Morgan fingerprint density at radius 3 is 2.62 bits per heavy atom. The predicted molar refractivity (Wildman–Crippen MR) is 118 cm³/mol. The molecule has 1 amide bonds. The van der Waals surface area contributed by atoms with E-state index in [2.05, 4.69) is 25.9 Å². The maximum atomic E-state index is 12.5. The molecule has 0 spiro atoms. The quantitative estimate of drug-likeness (QED) is 0.487. The third kappa shape index (κ3) is 3.87. The topological polar surface area (TPSA) is 84.2 Å². The number of carbonyl (C=O) groups excluding carboxylic acids is 1. The standard InChI is InChI=1S/C20H18N6OS2/c1-11-8-9-14(10-12(11)2)17(27)22-19(28)21-16-7-5-4-6-15(16)18-25-26-13(3)23-24-20(26)29-18/h4-10H,1-3H3,(H2,21,22,27,28). The fraction of sp³-hybridized carbons (Fsp3) is 0.150. The molecule has 0 saturated heterocycles. The average Bonchev–Trinajstić information content (AvgIpc) is 3.26. The van der Waals surface area contributed by atoms with Crippen molar-refractivity contribution in [1.82, 2.24) is 25.1 Å². The van der Waals surface area contributed by atoms with Crippen LogP contribution in [0, 0.1) is 20.8 Å². The molecule has 2 heterocycles. The lowest BCUT2D eigenvalue weighted by atomic mass is 10.1. The lowest BCUT2D eigenvalue weighted by Crippen LogP contribution is -2.34. The Hall–Kier alpha value is -3.17. The number of hydrogen-bond donors (Lipinski definition) is 2. The minimum Gasteiger partial charge on any atom is -0.332 e. The summed E-state index contributed by atoms with van der Waals surface area (Å²) in [6.07, 6.45) is 0. The number of benzene rings is 2. The van der Waals surface area contributed by atoms with E-state index in [1.807, 2.05) is 57.2 Å². The highest BCUT2D eigenvalue weighted by atomic mass is 32.1. The first-order valence-corrected chi connectivity index (χ1v) is 10.1. The highest BCUT2D eigenvalue weighted by Crippen LogP contribution is 2.31. The van der Waals surface area contributed by atoms with Crippen LogP contribution in [0.25, 0.3) is 15.5 Å². The van der Waals surface area contributed by atoms with Crippen LogP contribution in [0.15, 0.2) is 42.5 Å². The van der Waals surface area contributed by atoms with Crippen LogP contribution in [-0.4, -0.2) is 30.8 Å². The summed E-state index contributed by atoms with van der Waals surface area (Å²) >= 11 is 6.80. The van der Waals surface area contributed by atoms with Gasteiger partial charge in [0.1, 0.15) is 5.01 Å². The fourth-order valence-corrected chi connectivity index (χ4v) is 3.94. The maximum Gasteiger partial charge on any atom is 0.257 e. The number of aromatic nitrogens is 4. The van der Waals surface area contributed by atoms with Crippen molar-refractivity contribution in [3.05, 3.63) is 65.0 Å². The number of para-hydroxylation sites is 1. The van der Waals surface area contributed by atoms with Gasteiger partial charge in [-0.05, 0) is 68.4 Å². The molecule has 2 aromatic heterocycles. The summed E-state index contributed by atoms with van der Waals surface area (Å²) in [5.41, 5.74) is 4.37. The maximum absolute atomic E-state index is 12.5. The molecule has 9 heteroatoms.